The van der Waals surface area contributed by atoms with Gasteiger partial charge in [-0.15, -0.1) is 0 Å². The molecule has 0 radical (unpaired) electrons. The molecule has 3 nitrogen and oxygen atoms in total. The Morgan fingerprint density at radius 2 is 2.29 bits per heavy atom. The minimum Gasteiger partial charge on any atom is -0.352 e. The van der Waals surface area contributed by atoms with E-state index >= 15 is 0 Å². The van der Waals surface area contributed by atoms with Crippen LogP contribution in [0.2, 0.25) is 0 Å². The lowest BCUT2D eigenvalue weighted by molar-refractivity contribution is -0.122. The summed E-state index contributed by atoms with van der Waals surface area (Å²) >= 11 is 0. The molecule has 92 valence electrons. The van der Waals surface area contributed by atoms with Crippen molar-refractivity contribution in [1.29, 1.82) is 0 Å². The lowest BCUT2D eigenvalue weighted by atomic mass is 9.99. The van der Waals surface area contributed by atoms with Gasteiger partial charge in [-0.25, -0.2) is 4.39 Å². The Morgan fingerprint density at radius 3 is 2.88 bits per heavy atom. The summed E-state index contributed by atoms with van der Waals surface area (Å²) < 4.78 is 13.3. The van der Waals surface area contributed by atoms with Gasteiger partial charge in [-0.1, -0.05) is 12.1 Å². The zero-order chi connectivity index (χ0) is 12.3. The number of carbonyl (C=O) groups excluding carboxylic acids is 1. The number of benzene rings is 1. The summed E-state index contributed by atoms with van der Waals surface area (Å²) in [5.41, 5.74) is 1.42. The summed E-state index contributed by atoms with van der Waals surface area (Å²) in [4.78, 5) is 11.5. The van der Waals surface area contributed by atoms with E-state index in [-0.39, 0.29) is 11.7 Å². The predicted octanol–water partition coefficient (Wildman–Crippen LogP) is 1.36. The number of halogens is 1. The quantitative estimate of drug-likeness (QED) is 0.828. The van der Waals surface area contributed by atoms with Gasteiger partial charge in [-0.05, 0) is 43.1 Å². The maximum Gasteiger partial charge on any atom is 0.220 e. The number of hydrogen-bond donors (Lipinski definition) is 2. The second-order valence-corrected chi connectivity index (χ2v) is 4.59. The van der Waals surface area contributed by atoms with E-state index in [0.29, 0.717) is 24.4 Å². The number of aryl methyl sites for hydroxylation is 1. The van der Waals surface area contributed by atoms with Crippen LogP contribution in [0.4, 0.5) is 4.39 Å². The first-order valence-electron chi connectivity index (χ1n) is 5.87. The fourth-order valence-electron chi connectivity index (χ4n) is 1.77. The van der Waals surface area contributed by atoms with Crippen LogP contribution in [0.3, 0.4) is 0 Å². The van der Waals surface area contributed by atoms with Gasteiger partial charge in [-0.2, -0.15) is 0 Å². The summed E-state index contributed by atoms with van der Waals surface area (Å²) in [6.45, 7) is 3.97. The van der Waals surface area contributed by atoms with Crippen molar-refractivity contribution in [3.63, 3.8) is 0 Å². The fourth-order valence-corrected chi connectivity index (χ4v) is 1.77. The van der Waals surface area contributed by atoms with E-state index in [1.807, 2.05) is 6.07 Å². The van der Waals surface area contributed by atoms with Crippen molar-refractivity contribution in [3.8, 4) is 0 Å². The molecule has 1 aromatic rings. The molecule has 1 aliphatic heterocycles. The summed E-state index contributed by atoms with van der Waals surface area (Å²) in [6, 6.07) is 5.04. The second-order valence-electron chi connectivity index (χ2n) is 4.59. The van der Waals surface area contributed by atoms with Crippen LogP contribution in [0.25, 0.3) is 0 Å². The van der Waals surface area contributed by atoms with Crippen molar-refractivity contribution < 1.29 is 9.18 Å². The molecule has 1 amide bonds. The van der Waals surface area contributed by atoms with Crippen molar-refractivity contribution >= 4 is 5.91 Å². The molecular weight excluding hydrogens is 219 g/mol. The van der Waals surface area contributed by atoms with E-state index in [4.69, 9.17) is 0 Å². The topological polar surface area (TPSA) is 41.1 Å². The molecule has 0 aliphatic carbocycles. The zero-order valence-corrected chi connectivity index (χ0v) is 9.92. The normalized spacial score (nSPS) is 15.4. The Bertz CT molecular complexity index is 416. The van der Waals surface area contributed by atoms with Gasteiger partial charge in [0.2, 0.25) is 5.91 Å². The lowest BCUT2D eigenvalue weighted by Gasteiger charge is -2.26. The summed E-state index contributed by atoms with van der Waals surface area (Å²) in [5.74, 6) is 0.280. The van der Waals surface area contributed by atoms with Crippen LogP contribution in [0, 0.1) is 18.7 Å². The monoisotopic (exact) mass is 236 g/mol. The number of amides is 1. The largest absolute Gasteiger partial charge is 0.352 e. The van der Waals surface area contributed by atoms with E-state index in [2.05, 4.69) is 10.6 Å². The first kappa shape index (κ1) is 12.0. The van der Waals surface area contributed by atoms with Crippen molar-refractivity contribution in [2.75, 3.05) is 13.1 Å². The average Bonchev–Trinajstić information content (AvgIpc) is 2.25. The van der Waals surface area contributed by atoms with E-state index in [0.717, 1.165) is 18.7 Å². The van der Waals surface area contributed by atoms with Crippen molar-refractivity contribution in [3.05, 3.63) is 35.1 Å². The standard InChI is InChI=1S/C13H17FN2O/c1-9-2-3-10(4-12(9)14)8-16-13(17)5-11-6-15-7-11/h2-4,11,15H,5-8H2,1H3,(H,16,17). The zero-order valence-electron chi connectivity index (χ0n) is 9.92. The first-order chi connectivity index (χ1) is 8.15. The number of rotatable bonds is 4. The first-order valence-corrected chi connectivity index (χ1v) is 5.87. The van der Waals surface area contributed by atoms with Gasteiger partial charge in [0.25, 0.3) is 0 Å². The van der Waals surface area contributed by atoms with Gasteiger partial charge in [0.1, 0.15) is 5.82 Å². The lowest BCUT2D eigenvalue weighted by Crippen LogP contribution is -2.44. The third kappa shape index (κ3) is 3.27. The molecule has 2 rings (SSSR count). The molecular formula is C13H17FN2O. The molecule has 17 heavy (non-hydrogen) atoms. The van der Waals surface area contributed by atoms with Crippen LogP contribution < -0.4 is 10.6 Å². The molecule has 0 spiro atoms. The van der Waals surface area contributed by atoms with Gasteiger partial charge in [0.15, 0.2) is 0 Å². The van der Waals surface area contributed by atoms with Crippen LogP contribution in [-0.4, -0.2) is 19.0 Å². The molecule has 0 aromatic heterocycles. The van der Waals surface area contributed by atoms with Crippen molar-refractivity contribution in [2.45, 2.75) is 19.9 Å². The number of hydrogen-bond acceptors (Lipinski definition) is 2. The van der Waals surface area contributed by atoms with Crippen LogP contribution in [0.1, 0.15) is 17.5 Å². The van der Waals surface area contributed by atoms with Crippen molar-refractivity contribution in [2.24, 2.45) is 5.92 Å². The Labute approximate surface area is 100 Å². The molecule has 2 N–H and O–H groups in total. The van der Waals surface area contributed by atoms with Gasteiger partial charge in [-0.3, -0.25) is 4.79 Å². The van der Waals surface area contributed by atoms with Gasteiger partial charge in [0, 0.05) is 13.0 Å². The van der Waals surface area contributed by atoms with Gasteiger partial charge in [0.05, 0.1) is 0 Å². The van der Waals surface area contributed by atoms with E-state index < -0.39 is 0 Å². The highest BCUT2D eigenvalue weighted by atomic mass is 19.1. The molecule has 1 aliphatic rings. The highest BCUT2D eigenvalue weighted by Gasteiger charge is 2.19. The van der Waals surface area contributed by atoms with Crippen LogP contribution >= 0.6 is 0 Å². The molecule has 1 heterocycles. The maximum atomic E-state index is 13.3. The minimum atomic E-state index is -0.222. The summed E-state index contributed by atoms with van der Waals surface area (Å²) in [6.07, 6.45) is 0.557. The Hall–Kier alpha value is -1.42. The summed E-state index contributed by atoms with van der Waals surface area (Å²) in [7, 11) is 0. The molecule has 1 saturated heterocycles. The van der Waals surface area contributed by atoms with Gasteiger partial charge >= 0.3 is 0 Å². The molecule has 1 aromatic carbocycles. The molecule has 0 saturated carbocycles. The number of carbonyl (C=O) groups is 1. The molecule has 0 atom stereocenters. The molecule has 0 bridgehead atoms. The van der Waals surface area contributed by atoms with Crippen LogP contribution in [0.15, 0.2) is 18.2 Å². The van der Waals surface area contributed by atoms with Crippen molar-refractivity contribution in [1.82, 2.24) is 10.6 Å². The van der Waals surface area contributed by atoms with Crippen LogP contribution in [0.5, 0.6) is 0 Å². The van der Waals surface area contributed by atoms with E-state index in [1.54, 1.807) is 13.0 Å². The second kappa shape index (κ2) is 5.27. The third-order valence-electron chi connectivity index (χ3n) is 3.07. The SMILES string of the molecule is Cc1ccc(CNC(=O)CC2CNC2)cc1F. The summed E-state index contributed by atoms with van der Waals surface area (Å²) in [5, 5.41) is 5.94. The molecule has 0 unspecified atom stereocenters. The Balaban J connectivity index is 1.80. The minimum absolute atomic E-state index is 0.0393. The molecule has 4 heteroatoms. The maximum absolute atomic E-state index is 13.3. The Morgan fingerprint density at radius 1 is 1.53 bits per heavy atom. The Kier molecular flexibility index (Phi) is 3.74. The smallest absolute Gasteiger partial charge is 0.220 e. The average molecular weight is 236 g/mol. The third-order valence-corrected chi connectivity index (χ3v) is 3.07. The highest BCUT2D eigenvalue weighted by Crippen LogP contribution is 2.10. The predicted molar refractivity (Wildman–Crippen MR) is 64.0 cm³/mol. The van der Waals surface area contributed by atoms with Gasteiger partial charge < -0.3 is 10.6 Å². The van der Waals surface area contributed by atoms with E-state index in [1.165, 1.54) is 6.07 Å². The van der Waals surface area contributed by atoms with Crippen LogP contribution in [-0.2, 0) is 11.3 Å². The highest BCUT2D eigenvalue weighted by molar-refractivity contribution is 5.76. The number of nitrogens with one attached hydrogen (secondary N) is 2. The van der Waals surface area contributed by atoms with E-state index in [9.17, 15) is 9.18 Å². The molecule has 1 fully saturated rings. The fraction of sp³-hybridized carbons (Fsp3) is 0.462.